The highest BCUT2D eigenvalue weighted by atomic mass is 19.1. The lowest BCUT2D eigenvalue weighted by molar-refractivity contribution is 0.188. The predicted octanol–water partition coefficient (Wildman–Crippen LogP) is 1.30. The van der Waals surface area contributed by atoms with Gasteiger partial charge in [0.1, 0.15) is 5.82 Å². The molecule has 2 aromatic rings. The molecule has 0 aliphatic heterocycles. The van der Waals surface area contributed by atoms with E-state index in [-0.39, 0.29) is 12.4 Å². The number of hydrogen-bond donors (Lipinski definition) is 3. The summed E-state index contributed by atoms with van der Waals surface area (Å²) in [6.07, 6.45) is 0.770. The van der Waals surface area contributed by atoms with Crippen molar-refractivity contribution < 1.29 is 9.50 Å². The van der Waals surface area contributed by atoms with Crippen LogP contribution in [0.2, 0.25) is 0 Å². The molecule has 74 valence electrons. The van der Waals surface area contributed by atoms with Gasteiger partial charge in [-0.15, -0.1) is 0 Å². The number of aromatic nitrogens is 1. The Bertz CT molecular complexity index is 452. The van der Waals surface area contributed by atoms with Crippen LogP contribution in [-0.4, -0.2) is 16.6 Å². The highest BCUT2D eigenvalue weighted by Crippen LogP contribution is 2.25. The summed E-state index contributed by atoms with van der Waals surface area (Å²) in [5.41, 5.74) is 6.51. The van der Waals surface area contributed by atoms with E-state index in [2.05, 4.69) is 4.98 Å². The van der Waals surface area contributed by atoms with Crippen molar-refractivity contribution in [3.8, 4) is 0 Å². The topological polar surface area (TPSA) is 62.0 Å². The minimum atomic E-state index is -0.819. The van der Waals surface area contributed by atoms with Gasteiger partial charge >= 0.3 is 0 Å². The third-order valence-electron chi connectivity index (χ3n) is 2.27. The van der Waals surface area contributed by atoms with E-state index < -0.39 is 6.10 Å². The SMILES string of the molecule is NCC(O)c1c[nH]c2cccc(F)c12. The number of halogens is 1. The molecule has 1 aromatic carbocycles. The highest BCUT2D eigenvalue weighted by molar-refractivity contribution is 5.84. The lowest BCUT2D eigenvalue weighted by atomic mass is 10.1. The number of rotatable bonds is 2. The molecule has 1 unspecified atom stereocenters. The molecule has 0 aliphatic rings. The van der Waals surface area contributed by atoms with Crippen LogP contribution in [0.1, 0.15) is 11.7 Å². The maximum Gasteiger partial charge on any atom is 0.132 e. The second kappa shape index (κ2) is 3.40. The zero-order chi connectivity index (χ0) is 10.1. The lowest BCUT2D eigenvalue weighted by Gasteiger charge is -2.05. The Morgan fingerprint density at radius 1 is 1.50 bits per heavy atom. The molecule has 1 atom stereocenters. The van der Waals surface area contributed by atoms with Gasteiger partial charge in [-0.1, -0.05) is 6.07 Å². The van der Waals surface area contributed by atoms with Gasteiger partial charge in [-0.3, -0.25) is 0 Å². The number of nitrogens with one attached hydrogen (secondary N) is 1. The van der Waals surface area contributed by atoms with E-state index in [0.717, 1.165) is 0 Å². The molecule has 0 amide bonds. The van der Waals surface area contributed by atoms with E-state index in [4.69, 9.17) is 5.73 Å². The van der Waals surface area contributed by atoms with Crippen LogP contribution in [0.15, 0.2) is 24.4 Å². The molecule has 0 spiro atoms. The largest absolute Gasteiger partial charge is 0.387 e. The van der Waals surface area contributed by atoms with Crippen LogP contribution < -0.4 is 5.73 Å². The normalized spacial score (nSPS) is 13.4. The Morgan fingerprint density at radius 2 is 2.29 bits per heavy atom. The van der Waals surface area contributed by atoms with Gasteiger partial charge in [0.2, 0.25) is 0 Å². The van der Waals surface area contributed by atoms with Gasteiger partial charge in [0.15, 0.2) is 0 Å². The van der Waals surface area contributed by atoms with Gasteiger partial charge in [0.05, 0.1) is 6.10 Å². The van der Waals surface area contributed by atoms with Gasteiger partial charge in [-0.2, -0.15) is 0 Å². The van der Waals surface area contributed by atoms with Crippen LogP contribution in [0, 0.1) is 5.82 Å². The van der Waals surface area contributed by atoms with Crippen LogP contribution in [-0.2, 0) is 0 Å². The van der Waals surface area contributed by atoms with E-state index >= 15 is 0 Å². The van der Waals surface area contributed by atoms with Gasteiger partial charge in [-0.25, -0.2) is 4.39 Å². The molecule has 1 aromatic heterocycles. The van der Waals surface area contributed by atoms with E-state index in [1.807, 2.05) is 0 Å². The van der Waals surface area contributed by atoms with Crippen molar-refractivity contribution in [3.05, 3.63) is 35.8 Å². The van der Waals surface area contributed by atoms with Crippen molar-refractivity contribution in [1.29, 1.82) is 0 Å². The fourth-order valence-electron chi connectivity index (χ4n) is 1.56. The average Bonchev–Trinajstić information content (AvgIpc) is 2.62. The van der Waals surface area contributed by atoms with Gasteiger partial charge < -0.3 is 15.8 Å². The Hall–Kier alpha value is -1.39. The van der Waals surface area contributed by atoms with Crippen molar-refractivity contribution in [2.75, 3.05) is 6.54 Å². The summed E-state index contributed by atoms with van der Waals surface area (Å²) in [7, 11) is 0. The summed E-state index contributed by atoms with van der Waals surface area (Å²) in [5.74, 6) is -0.341. The third kappa shape index (κ3) is 1.29. The van der Waals surface area contributed by atoms with Crippen LogP contribution in [0.4, 0.5) is 4.39 Å². The monoisotopic (exact) mass is 194 g/mol. The minimum absolute atomic E-state index is 0.0846. The van der Waals surface area contributed by atoms with Gasteiger partial charge in [0.25, 0.3) is 0 Å². The van der Waals surface area contributed by atoms with E-state index in [1.54, 1.807) is 18.3 Å². The van der Waals surface area contributed by atoms with Crippen molar-refractivity contribution in [2.45, 2.75) is 6.10 Å². The average molecular weight is 194 g/mol. The summed E-state index contributed by atoms with van der Waals surface area (Å²) >= 11 is 0. The number of nitrogens with two attached hydrogens (primary N) is 1. The van der Waals surface area contributed by atoms with E-state index in [1.165, 1.54) is 6.07 Å². The number of aliphatic hydroxyl groups excluding tert-OH is 1. The third-order valence-corrected chi connectivity index (χ3v) is 2.27. The first kappa shape index (κ1) is 9.18. The molecule has 1 heterocycles. The Kier molecular flexibility index (Phi) is 2.23. The van der Waals surface area contributed by atoms with E-state index in [0.29, 0.717) is 16.5 Å². The summed E-state index contributed by atoms with van der Waals surface area (Å²) < 4.78 is 13.4. The lowest BCUT2D eigenvalue weighted by Crippen LogP contribution is -2.11. The van der Waals surface area contributed by atoms with Crippen LogP contribution >= 0.6 is 0 Å². The molecule has 0 saturated heterocycles. The molecular weight excluding hydrogens is 183 g/mol. The van der Waals surface area contributed by atoms with Crippen LogP contribution in [0.5, 0.6) is 0 Å². The molecule has 4 N–H and O–H groups in total. The Balaban J connectivity index is 2.67. The standard InChI is InChI=1S/C10H11FN2O/c11-7-2-1-3-8-10(7)6(5-13-8)9(14)4-12/h1-3,5,9,13-14H,4,12H2. The molecular formula is C10H11FN2O. The molecule has 3 nitrogen and oxygen atoms in total. The molecule has 2 rings (SSSR count). The molecule has 0 radical (unpaired) electrons. The number of hydrogen-bond acceptors (Lipinski definition) is 2. The fraction of sp³-hybridized carbons (Fsp3) is 0.200. The maximum atomic E-state index is 13.4. The van der Waals surface area contributed by atoms with E-state index in [9.17, 15) is 9.50 Å². The highest BCUT2D eigenvalue weighted by Gasteiger charge is 2.13. The molecule has 14 heavy (non-hydrogen) atoms. The first-order valence-electron chi connectivity index (χ1n) is 4.37. The number of aromatic amines is 1. The molecule has 4 heteroatoms. The summed E-state index contributed by atoms with van der Waals surface area (Å²) in [4.78, 5) is 2.89. The first-order valence-corrected chi connectivity index (χ1v) is 4.37. The molecule has 0 fully saturated rings. The Morgan fingerprint density at radius 3 is 3.00 bits per heavy atom. The maximum absolute atomic E-state index is 13.4. The summed E-state index contributed by atoms with van der Waals surface area (Å²) in [6.45, 7) is 0.0846. The van der Waals surface area contributed by atoms with Crippen molar-refractivity contribution in [1.82, 2.24) is 4.98 Å². The number of aliphatic hydroxyl groups is 1. The van der Waals surface area contributed by atoms with Gasteiger partial charge in [0, 0.05) is 29.2 Å². The smallest absolute Gasteiger partial charge is 0.132 e. The molecule has 0 bridgehead atoms. The van der Waals surface area contributed by atoms with Crippen molar-refractivity contribution >= 4 is 10.9 Å². The van der Waals surface area contributed by atoms with Gasteiger partial charge in [-0.05, 0) is 12.1 Å². The minimum Gasteiger partial charge on any atom is -0.387 e. The zero-order valence-corrected chi connectivity index (χ0v) is 7.50. The predicted molar refractivity (Wildman–Crippen MR) is 52.3 cm³/mol. The number of H-pyrrole nitrogens is 1. The van der Waals surface area contributed by atoms with Crippen molar-refractivity contribution in [2.24, 2.45) is 5.73 Å². The second-order valence-corrected chi connectivity index (χ2v) is 3.16. The number of benzene rings is 1. The quantitative estimate of drug-likeness (QED) is 0.674. The molecule has 0 aliphatic carbocycles. The molecule has 0 saturated carbocycles. The summed E-state index contributed by atoms with van der Waals surface area (Å²) in [6, 6.07) is 4.74. The zero-order valence-electron chi connectivity index (χ0n) is 7.50. The summed E-state index contributed by atoms with van der Waals surface area (Å²) in [5, 5.41) is 9.95. The van der Waals surface area contributed by atoms with Crippen LogP contribution in [0.25, 0.3) is 10.9 Å². The van der Waals surface area contributed by atoms with Crippen LogP contribution in [0.3, 0.4) is 0 Å². The van der Waals surface area contributed by atoms with Crippen molar-refractivity contribution in [3.63, 3.8) is 0 Å². The Labute approximate surface area is 80.4 Å². The second-order valence-electron chi connectivity index (χ2n) is 3.16. The number of fused-ring (bicyclic) bond motifs is 1. The fourth-order valence-corrected chi connectivity index (χ4v) is 1.56. The first-order chi connectivity index (χ1) is 6.74.